The molecule has 2 unspecified atom stereocenters. The molecule has 6 rings (SSSR count). The lowest BCUT2D eigenvalue weighted by Crippen LogP contribution is -2.42. The molecule has 0 bridgehead atoms. The lowest BCUT2D eigenvalue weighted by molar-refractivity contribution is -0.645. The van der Waals surface area contributed by atoms with Gasteiger partial charge in [0.1, 0.15) is 30.6 Å². The summed E-state index contributed by atoms with van der Waals surface area (Å²) in [6.07, 6.45) is -4.65. The van der Waals surface area contributed by atoms with Gasteiger partial charge in [-0.1, -0.05) is 0 Å². The first-order valence-corrected chi connectivity index (χ1v) is 23.1. The Kier molecular flexibility index (Phi) is 14.2. The summed E-state index contributed by atoms with van der Waals surface area (Å²) in [4.78, 5) is 79.1. The summed E-state index contributed by atoms with van der Waals surface area (Å²) in [6.45, 7) is -0.684. The van der Waals surface area contributed by atoms with E-state index in [1.54, 1.807) is 0 Å². The third kappa shape index (κ3) is 11.4. The van der Waals surface area contributed by atoms with Gasteiger partial charge < -0.3 is 60.3 Å². The summed E-state index contributed by atoms with van der Waals surface area (Å²) < 4.78 is 62.1. The van der Waals surface area contributed by atoms with E-state index in [4.69, 9.17) is 29.5 Å². The molecule has 62 heavy (non-hydrogen) atoms. The molecule has 6 atom stereocenters. The number of hydrogen-bond donors (Lipinski definition) is 8. The first-order valence-electron chi connectivity index (χ1n) is 18.6. The highest BCUT2D eigenvalue weighted by Gasteiger charge is 2.49. The second-order valence-electron chi connectivity index (χ2n) is 14.3. The first-order chi connectivity index (χ1) is 29.1. The van der Waals surface area contributed by atoms with Crippen LogP contribution >= 0.6 is 23.5 Å². The molecular weight excluding hydrogens is 881 g/mol. The number of pyridine rings is 1. The van der Waals surface area contributed by atoms with E-state index in [9.17, 15) is 38.2 Å². The molecule has 2 amide bonds. The number of nitrogens with one attached hydrogen (secondary N) is 2. The Morgan fingerprint density at radius 2 is 1.52 bits per heavy atom. The van der Waals surface area contributed by atoms with Crippen LogP contribution in [0.25, 0.3) is 33.0 Å². The molecule has 5 aromatic rings. The van der Waals surface area contributed by atoms with Crippen molar-refractivity contribution in [3.05, 3.63) is 55.1 Å². The van der Waals surface area contributed by atoms with Crippen molar-refractivity contribution in [2.75, 3.05) is 63.4 Å². The van der Waals surface area contributed by atoms with Crippen molar-refractivity contribution in [1.82, 2.24) is 30.2 Å². The van der Waals surface area contributed by atoms with Gasteiger partial charge in [-0.3, -0.25) is 13.9 Å². The lowest BCUT2D eigenvalue weighted by atomic mass is 10.1. The van der Waals surface area contributed by atoms with Crippen LogP contribution in [0, 0.1) is 0 Å². The van der Waals surface area contributed by atoms with Gasteiger partial charge in [-0.15, -0.1) is 0 Å². The van der Waals surface area contributed by atoms with Crippen LogP contribution in [0.1, 0.15) is 19.1 Å². The molecule has 3 aromatic heterocycles. The minimum Gasteiger partial charge on any atom is -0.440 e. The summed E-state index contributed by atoms with van der Waals surface area (Å²) in [5, 5.41) is 18.6. The van der Waals surface area contributed by atoms with Gasteiger partial charge in [0.05, 0.1) is 12.9 Å². The van der Waals surface area contributed by atoms with Gasteiger partial charge >= 0.3 is 29.6 Å². The van der Waals surface area contributed by atoms with Crippen molar-refractivity contribution in [3.63, 3.8) is 0 Å². The molecule has 0 saturated carbocycles. The number of anilines is 3. The number of benzene rings is 2. The number of alkyl carbamates (subject to hydrolysis) is 1. The molecule has 9 N–H and O–H groups in total. The number of phosphoric acid groups is 3. The van der Waals surface area contributed by atoms with Crippen LogP contribution in [0.2, 0.25) is 0 Å². The quantitative estimate of drug-likeness (QED) is 0.0267. The molecule has 2 aromatic carbocycles. The number of imidazole rings is 1. The molecular formula is C34H46N10O15P3+. The minimum atomic E-state index is -5.86. The van der Waals surface area contributed by atoms with Crippen LogP contribution in [-0.4, -0.2) is 122 Å². The predicted octanol–water partition coefficient (Wildman–Crippen LogP) is 1.43. The van der Waals surface area contributed by atoms with E-state index >= 15 is 0 Å². The fourth-order valence-corrected chi connectivity index (χ4v) is 9.67. The summed E-state index contributed by atoms with van der Waals surface area (Å²) >= 11 is 0. The number of fused-ring (bicyclic) bond motifs is 3. The smallest absolute Gasteiger partial charge is 0.440 e. The Morgan fingerprint density at radius 3 is 2.13 bits per heavy atom. The van der Waals surface area contributed by atoms with Crippen molar-refractivity contribution in [3.8, 4) is 0 Å². The molecule has 0 spiro atoms. The number of nitrogens with zero attached hydrogens (tertiary/aromatic N) is 7. The number of aryl methyl sites for hydroxylation is 1. The van der Waals surface area contributed by atoms with Gasteiger partial charge in [-0.2, -0.15) is 13.2 Å². The molecule has 25 nitrogen and oxygen atoms in total. The van der Waals surface area contributed by atoms with E-state index in [0.717, 1.165) is 39.5 Å². The third-order valence-electron chi connectivity index (χ3n) is 9.49. The topological polar surface area (TPSA) is 337 Å². The Balaban J connectivity index is 1.06. The van der Waals surface area contributed by atoms with Crippen LogP contribution in [0.15, 0.2) is 55.1 Å². The number of aliphatic hydroxyl groups excluding tert-OH is 1. The highest BCUT2D eigenvalue weighted by atomic mass is 31.3. The van der Waals surface area contributed by atoms with Gasteiger partial charge in [0.25, 0.3) is 0 Å². The maximum Gasteiger partial charge on any atom is 0.490 e. The van der Waals surface area contributed by atoms with E-state index in [0.29, 0.717) is 13.0 Å². The standard InChI is InChI=1S/C34H45N10O15P3/c1-41(2)22-9-7-20-14-21-8-10-23(42(3)4)16-25(21)43(24(20)15-22)13-5-6-27(45)36-11-12-37-34(47)57-30-26(17-55-61(51,52)59-62(53,54)58-60(48,49)50)56-33(29(30)46)44-19-40-28-31(35)38-18-39-32(28)44/h7-10,14-16,18-19,26,29-30,33,46H,5-6,11-13,17H2,1-4H3,(H7-,35,36,37,38,39,45,47,48,49,50,51,52,53,54)/p+1/t26-,29-,30-,33-/m1/s1. The number of phosphoric ester groups is 1. The van der Waals surface area contributed by atoms with Crippen molar-refractivity contribution >= 4 is 85.6 Å². The number of carbonyl (C=O) groups excluding carboxylic acids is 2. The Bertz CT molecular complexity index is 2550. The number of carbonyl (C=O) groups is 2. The Morgan fingerprint density at radius 1 is 0.887 bits per heavy atom. The van der Waals surface area contributed by atoms with Crippen molar-refractivity contribution in [2.45, 2.75) is 43.9 Å². The monoisotopic (exact) mass is 927 g/mol. The van der Waals surface area contributed by atoms with Crippen LogP contribution in [0.3, 0.4) is 0 Å². The zero-order valence-corrected chi connectivity index (χ0v) is 36.3. The molecule has 1 saturated heterocycles. The molecule has 1 aliphatic rings. The average Bonchev–Trinajstić information content (AvgIpc) is 3.74. The molecule has 4 heterocycles. The van der Waals surface area contributed by atoms with Crippen LogP contribution in [0.5, 0.6) is 0 Å². The van der Waals surface area contributed by atoms with Crippen molar-refractivity contribution in [1.29, 1.82) is 0 Å². The number of aliphatic hydroxyl groups is 1. The number of nitrogen functional groups attached to an aromatic ring is 1. The van der Waals surface area contributed by atoms with Gasteiger partial charge in [0, 0.05) is 88.4 Å². The zero-order valence-electron chi connectivity index (χ0n) is 33.6. The summed E-state index contributed by atoms with van der Waals surface area (Å²) in [5.74, 6) is -0.293. The molecule has 0 radical (unpaired) electrons. The number of rotatable bonds is 18. The maximum absolute atomic E-state index is 13.0. The van der Waals surface area contributed by atoms with Gasteiger partial charge in [0.2, 0.25) is 16.9 Å². The molecule has 1 fully saturated rings. The molecule has 28 heteroatoms. The number of hydrogen-bond acceptors (Lipinski definition) is 17. The number of aromatic nitrogens is 5. The minimum absolute atomic E-state index is 0.0133. The summed E-state index contributed by atoms with van der Waals surface area (Å²) in [6, 6.07) is 14.6. The second-order valence-corrected chi connectivity index (χ2v) is 18.8. The maximum atomic E-state index is 13.0. The highest BCUT2D eigenvalue weighted by molar-refractivity contribution is 7.66. The SMILES string of the molecule is CN(C)c1ccc2cc3ccc(N(C)C)cc3[n+](CCCC(=O)NCCNC(=O)O[C@H]3[C@@H](O)[C@H](n4cnc5c(N)ncnc54)O[C@@H]3COP(=O)(O)OP(=O)(O)OP(=O)(O)O)c2c1. The van der Waals surface area contributed by atoms with Gasteiger partial charge in [-0.05, 0) is 30.3 Å². The van der Waals surface area contributed by atoms with E-state index < -0.39 is 60.7 Å². The van der Waals surface area contributed by atoms with Crippen LogP contribution in [0.4, 0.5) is 22.0 Å². The van der Waals surface area contributed by atoms with E-state index in [1.807, 2.05) is 38.0 Å². The normalized spacial score (nSPS) is 19.9. The van der Waals surface area contributed by atoms with Gasteiger partial charge in [0.15, 0.2) is 23.8 Å². The summed E-state index contributed by atoms with van der Waals surface area (Å²) in [7, 11) is -9.30. The largest absolute Gasteiger partial charge is 0.490 e. The van der Waals surface area contributed by atoms with E-state index in [1.165, 1.54) is 10.9 Å². The van der Waals surface area contributed by atoms with E-state index in [-0.39, 0.29) is 42.4 Å². The van der Waals surface area contributed by atoms with Crippen LogP contribution < -0.4 is 30.7 Å². The zero-order chi connectivity index (χ0) is 45.1. The molecule has 0 aliphatic carbocycles. The molecule has 1 aliphatic heterocycles. The molecule has 336 valence electrons. The number of ether oxygens (including phenoxy) is 2. The first kappa shape index (κ1) is 46.6. The van der Waals surface area contributed by atoms with E-state index in [2.05, 4.69) is 81.2 Å². The summed E-state index contributed by atoms with van der Waals surface area (Å²) in [5.41, 5.74) is 10.1. The van der Waals surface area contributed by atoms with Gasteiger partial charge in [-0.25, -0.2) is 33.4 Å². The second kappa shape index (κ2) is 18.9. The third-order valence-corrected chi connectivity index (χ3v) is 13.3. The Hall–Kier alpha value is -4.87. The fourth-order valence-electron chi connectivity index (χ4n) is 6.64. The van der Waals surface area contributed by atoms with Crippen LogP contribution in [-0.2, 0) is 47.7 Å². The fraction of sp³-hybridized carbons (Fsp3) is 0.412. The van der Waals surface area contributed by atoms with Crippen molar-refractivity contribution < 1.29 is 75.2 Å². The lowest BCUT2D eigenvalue weighted by Gasteiger charge is -2.22. The highest BCUT2D eigenvalue weighted by Crippen LogP contribution is 2.66. The number of amides is 2. The number of nitrogens with two attached hydrogens (primary N) is 1. The Labute approximate surface area is 352 Å². The van der Waals surface area contributed by atoms with Crippen molar-refractivity contribution in [2.24, 2.45) is 0 Å². The average molecular weight is 928 g/mol. The predicted molar refractivity (Wildman–Crippen MR) is 220 cm³/mol.